The molecule has 12 rings (SSSR count). The van der Waals surface area contributed by atoms with Crippen LogP contribution in [-0.2, 0) is 69.3 Å². The topological polar surface area (TPSA) is 383 Å². The van der Waals surface area contributed by atoms with Crippen LogP contribution in [0.4, 0.5) is 19.9 Å². The first-order chi connectivity index (χ1) is 44.9. The summed E-state index contributed by atoms with van der Waals surface area (Å²) < 4.78 is 27.1. The maximum absolute atomic E-state index is 13.5. The number of nitrogens with two attached hydrogens (primary N) is 1. The Hall–Kier alpha value is -8.14. The number of imidazole rings is 2. The number of hydrogen-bond donors (Lipinski definition) is 5. The molecule has 0 saturated carbocycles. The van der Waals surface area contributed by atoms with Crippen LogP contribution in [0.2, 0.25) is 0 Å². The molecule has 506 valence electrons. The number of halogens is 1. The van der Waals surface area contributed by atoms with Gasteiger partial charge in [-0.15, -0.1) is 23.5 Å². The van der Waals surface area contributed by atoms with Gasteiger partial charge in [0.15, 0.2) is 5.13 Å². The zero-order chi connectivity index (χ0) is 66.9. The Morgan fingerprint density at radius 3 is 1.77 bits per heavy atom. The minimum Gasteiger partial charge on any atom is -1.00 e. The number of oxime groups is 2. The lowest BCUT2D eigenvalue weighted by Crippen LogP contribution is -3.00. The zero-order valence-corrected chi connectivity index (χ0v) is 58.7. The quantitative estimate of drug-likeness (QED) is 0.0188. The first-order valence-corrected chi connectivity index (χ1v) is 33.8. The minimum atomic E-state index is -1.46. The Balaban J connectivity index is 0.000000211. The predicted molar refractivity (Wildman–Crippen MR) is 343 cm³/mol. The fourth-order valence-electron chi connectivity index (χ4n) is 11.0. The normalized spacial score (nSPS) is 19.9. The van der Waals surface area contributed by atoms with E-state index in [0.29, 0.717) is 48.5 Å². The summed E-state index contributed by atoms with van der Waals surface area (Å²) in [5.41, 5.74) is 9.65. The van der Waals surface area contributed by atoms with Gasteiger partial charge in [0, 0.05) is 103 Å². The third-order valence-corrected chi connectivity index (χ3v) is 19.3. The number of thioether (sulfide) groups is 2. The number of rotatable bonds is 20. The highest BCUT2D eigenvalue weighted by Gasteiger charge is 2.54. The van der Waals surface area contributed by atoms with Crippen molar-refractivity contribution in [3.63, 3.8) is 0 Å². The number of nitrogens with one attached hydrogen (secondary N) is 4. The number of nitrogen functional groups attached to an aromatic ring is 1. The van der Waals surface area contributed by atoms with Gasteiger partial charge >= 0.3 is 23.5 Å². The largest absolute Gasteiger partial charge is 1.00 e. The van der Waals surface area contributed by atoms with E-state index < -0.39 is 58.4 Å². The van der Waals surface area contributed by atoms with Crippen LogP contribution >= 0.6 is 46.6 Å². The Morgan fingerprint density at radius 1 is 0.737 bits per heavy atom. The monoisotopic (exact) mass is 1490 g/mol. The van der Waals surface area contributed by atoms with Gasteiger partial charge in [0.2, 0.25) is 40.9 Å². The molecule has 6 aliphatic heterocycles. The van der Waals surface area contributed by atoms with E-state index in [1.54, 1.807) is 62.5 Å². The number of carboxylic acids is 1. The molecule has 12 heterocycles. The second-order valence-corrected chi connectivity index (χ2v) is 28.4. The number of amides is 6. The number of carbonyl (C=O) groups excluding carboxylic acids is 7. The molecule has 0 aliphatic carbocycles. The molecule has 6 N–H and O–H groups in total. The SMILES string of the molecule is CCO/N=C(\C(=O)NC1C(=O)N2C(C(=O)[O-])=C(C[n+]3cccc4c3ncn4CC3CNC3)CSC12)c1nsc(N)n1.CCO/N=C(\C(=O)NC1C(=O)N2C(C)=C(C[n+]3cccc4c3ncn4CC3CN(C(=O)OC(C)(C)C)C3)CSC12)c1nsc(NC(=O)OC(C)(C)C)n1.[I-]. The molecule has 0 bridgehead atoms. The number of β-lactam (4-membered cyclic amide) rings is 2. The maximum atomic E-state index is 13.5. The fourth-order valence-corrected chi connectivity index (χ4v) is 14.8. The van der Waals surface area contributed by atoms with Crippen LogP contribution in [0.15, 0.2) is 82.2 Å². The molecule has 37 heteroatoms. The van der Waals surface area contributed by atoms with Crippen LogP contribution in [-0.4, -0.2) is 191 Å². The summed E-state index contributed by atoms with van der Waals surface area (Å²) in [4.78, 5) is 122. The number of aromatic nitrogens is 10. The lowest BCUT2D eigenvalue weighted by Gasteiger charge is -2.50. The van der Waals surface area contributed by atoms with E-state index in [-0.39, 0.29) is 100 Å². The second kappa shape index (κ2) is 29.1. The highest BCUT2D eigenvalue weighted by Crippen LogP contribution is 2.42. The number of fused-ring (bicyclic) bond motifs is 4. The molecule has 6 aromatic rings. The molecule has 0 aromatic carbocycles. The molecule has 6 aliphatic rings. The molecule has 32 nitrogen and oxygen atoms in total. The summed E-state index contributed by atoms with van der Waals surface area (Å²) >= 11 is 4.65. The summed E-state index contributed by atoms with van der Waals surface area (Å²) in [5.74, 6) is -1.98. The van der Waals surface area contributed by atoms with E-state index in [9.17, 15) is 38.7 Å². The second-order valence-electron chi connectivity index (χ2n) is 24.6. The first kappa shape index (κ1) is 69.7. The zero-order valence-electron chi connectivity index (χ0n) is 53.3. The van der Waals surface area contributed by atoms with Crippen molar-refractivity contribution >= 4 is 132 Å². The number of carbonyl (C=O) groups is 7. The average Bonchev–Trinajstić information content (AvgIpc) is 1.54. The van der Waals surface area contributed by atoms with Crippen molar-refractivity contribution in [2.24, 2.45) is 22.1 Å². The van der Waals surface area contributed by atoms with Gasteiger partial charge in [-0.1, -0.05) is 10.3 Å². The molecule has 6 aromatic heterocycles. The van der Waals surface area contributed by atoms with Gasteiger partial charge in [-0.25, -0.2) is 18.7 Å². The highest BCUT2D eigenvalue weighted by atomic mass is 127. The van der Waals surface area contributed by atoms with E-state index in [4.69, 9.17) is 29.9 Å². The van der Waals surface area contributed by atoms with E-state index in [2.05, 4.69) is 69.0 Å². The van der Waals surface area contributed by atoms with Gasteiger partial charge in [-0.3, -0.25) is 34.3 Å². The van der Waals surface area contributed by atoms with Crippen molar-refractivity contribution < 1.29 is 90.9 Å². The molecule has 0 spiro atoms. The van der Waals surface area contributed by atoms with Gasteiger partial charge in [0.05, 0.1) is 24.1 Å². The summed E-state index contributed by atoms with van der Waals surface area (Å²) in [5, 5.41) is 30.5. The molecule has 4 atom stereocenters. The summed E-state index contributed by atoms with van der Waals surface area (Å²) in [6, 6.07) is 6.11. The third-order valence-electron chi connectivity index (χ3n) is 15.5. The van der Waals surface area contributed by atoms with Gasteiger partial charge in [0.1, 0.15) is 71.4 Å². The van der Waals surface area contributed by atoms with Gasteiger partial charge in [-0.05, 0) is 96.5 Å². The van der Waals surface area contributed by atoms with Crippen LogP contribution in [0.25, 0.3) is 22.3 Å². The van der Waals surface area contributed by atoms with Crippen LogP contribution < -0.4 is 65.2 Å². The molecule has 6 amide bonds. The summed E-state index contributed by atoms with van der Waals surface area (Å²) in [7, 11) is 0. The van der Waals surface area contributed by atoms with Gasteiger partial charge in [0.25, 0.3) is 23.6 Å². The Morgan fingerprint density at radius 2 is 1.25 bits per heavy atom. The summed E-state index contributed by atoms with van der Waals surface area (Å²) in [6.45, 7) is 22.0. The predicted octanol–water partition coefficient (Wildman–Crippen LogP) is -1.67. The third kappa shape index (κ3) is 15.4. The van der Waals surface area contributed by atoms with E-state index >= 15 is 0 Å². The van der Waals surface area contributed by atoms with E-state index in [0.717, 1.165) is 82.8 Å². The van der Waals surface area contributed by atoms with Crippen LogP contribution in [0.1, 0.15) is 74.0 Å². The number of ether oxygens (including phenoxy) is 2. The fraction of sp³-hybridized carbons (Fsp3) is 0.500. The first-order valence-electron chi connectivity index (χ1n) is 30.2. The Bertz CT molecular complexity index is 4090. The molecule has 95 heavy (non-hydrogen) atoms. The molecule has 4 fully saturated rings. The van der Waals surface area contributed by atoms with Crippen molar-refractivity contribution in [2.75, 3.05) is 61.9 Å². The van der Waals surface area contributed by atoms with Crippen molar-refractivity contribution in [2.45, 2.75) is 123 Å². The van der Waals surface area contributed by atoms with E-state index in [1.807, 2.05) is 75.2 Å². The highest BCUT2D eigenvalue weighted by molar-refractivity contribution is 8.00. The van der Waals surface area contributed by atoms with Crippen molar-refractivity contribution in [3.05, 3.63) is 83.5 Å². The number of allylic oxidation sites excluding steroid dienone is 1. The van der Waals surface area contributed by atoms with Crippen LogP contribution in [0.3, 0.4) is 0 Å². The van der Waals surface area contributed by atoms with Crippen molar-refractivity contribution in [3.8, 4) is 0 Å². The van der Waals surface area contributed by atoms with Crippen LogP contribution in [0, 0.1) is 11.8 Å². The number of anilines is 2. The molecule has 4 unspecified atom stereocenters. The average molecular weight is 1500 g/mol. The number of nitrogens with zero attached hydrogens (tertiary/aromatic N) is 15. The van der Waals surface area contributed by atoms with Gasteiger partial charge in [-0.2, -0.15) is 18.7 Å². The van der Waals surface area contributed by atoms with Crippen LogP contribution in [0.5, 0.6) is 0 Å². The lowest BCUT2D eigenvalue weighted by atomic mass is 10.0. The van der Waals surface area contributed by atoms with Crippen molar-refractivity contribution in [1.82, 2.24) is 68.5 Å². The minimum absolute atomic E-state index is 0. The molecular weight excluding hydrogens is 1420 g/mol. The number of likely N-dealkylation sites (tertiary alicyclic amines) is 1. The number of carboxylic acid groups (broad SMARTS) is 1. The van der Waals surface area contributed by atoms with Crippen molar-refractivity contribution in [1.29, 1.82) is 0 Å². The van der Waals surface area contributed by atoms with E-state index in [1.165, 1.54) is 16.7 Å². The Kier molecular flexibility index (Phi) is 21.3. The Labute approximate surface area is 578 Å². The summed E-state index contributed by atoms with van der Waals surface area (Å²) in [6.07, 6.45) is 6.44. The maximum Gasteiger partial charge on any atom is 0.414 e. The smallest absolute Gasteiger partial charge is 0.414 e. The van der Waals surface area contributed by atoms with Gasteiger partial charge < -0.3 is 88.7 Å². The molecular formula is C58H71IN20O12S4. The number of pyridine rings is 2. The standard InChI is InChI=1S/C34H44N10O7S2.C24H26N10O5S2.HI/c1-9-49-39-23(25-37-30(53-40-25)38-31(47)50-33(3,4)5)27(45)36-24-28(46)44-19(2)21(17-52-29(24)44)16-41-12-10-11-22-26(41)35-18-43(22)15-20-13-42(14-20)32(48)51-34(6,7)8;1-2-39-30-15(18-29-24(25)41-31-18)20(35)28-16-21(36)34-17(23(37)38)13(10-40-22(16)34)9-32-5-3-4-14-19(32)27-11-33(14)8-12-6-26-7-12;/h10-12,18,20,24,29H,9,13-17H2,1-8H3,(H-,36,37,38,40,45,47);3-5,11-12,16,22,26H,2,6-10H2,1H3,(H3-,25,28,29,31,35,37,38);1H/b39-23-;30-15-;. The molecule has 0 radical (unpaired) electrons. The lowest BCUT2D eigenvalue weighted by molar-refractivity contribution is -0.665. The number of hydrogen-bond acceptors (Lipinski definition) is 26. The number of aliphatic carboxylic acids is 1. The molecule has 4 saturated heterocycles.